The van der Waals surface area contributed by atoms with Crippen LogP contribution in [0.3, 0.4) is 0 Å². The lowest BCUT2D eigenvalue weighted by Gasteiger charge is -2.32. The molecule has 1 fully saturated rings. The zero-order chi connectivity index (χ0) is 13.8. The van der Waals surface area contributed by atoms with E-state index in [0.717, 1.165) is 25.5 Å². The Labute approximate surface area is 121 Å². The largest absolute Gasteiger partial charge is 0.321 e. The molecule has 0 bridgehead atoms. The Hall–Kier alpha value is -0.580. The van der Waals surface area contributed by atoms with Crippen LogP contribution in [0.2, 0.25) is 5.15 Å². The lowest BCUT2D eigenvalue weighted by atomic mass is 10.0. The average molecular weight is 285 g/mol. The molecule has 1 aliphatic rings. The number of halogens is 1. The topological polar surface area (TPSA) is 33.1 Å². The number of hydrogen-bond acceptors (Lipinski definition) is 3. The third-order valence-electron chi connectivity index (χ3n) is 3.97. The molecule has 0 aromatic carbocycles. The molecule has 2 heterocycles. The number of imidazole rings is 1. The van der Waals surface area contributed by atoms with Crippen LogP contribution in [0.4, 0.5) is 0 Å². The van der Waals surface area contributed by atoms with Crippen molar-refractivity contribution in [2.24, 2.45) is 7.05 Å². The van der Waals surface area contributed by atoms with E-state index in [-0.39, 0.29) is 0 Å². The van der Waals surface area contributed by atoms with Crippen molar-refractivity contribution in [2.75, 3.05) is 13.1 Å². The van der Waals surface area contributed by atoms with E-state index in [1.807, 2.05) is 11.6 Å². The smallest absolute Gasteiger partial charge is 0.128 e. The summed E-state index contributed by atoms with van der Waals surface area (Å²) in [4.78, 5) is 6.87. The molecule has 1 unspecified atom stereocenters. The van der Waals surface area contributed by atoms with E-state index in [9.17, 15) is 0 Å². The van der Waals surface area contributed by atoms with E-state index in [1.165, 1.54) is 19.3 Å². The van der Waals surface area contributed by atoms with Gasteiger partial charge in [-0.1, -0.05) is 18.0 Å². The average Bonchev–Trinajstić information content (AvgIpc) is 2.71. The van der Waals surface area contributed by atoms with Crippen molar-refractivity contribution in [1.29, 1.82) is 0 Å². The highest BCUT2D eigenvalue weighted by Gasteiger charge is 2.20. The molecule has 0 radical (unpaired) electrons. The monoisotopic (exact) mass is 284 g/mol. The summed E-state index contributed by atoms with van der Waals surface area (Å²) in [5, 5.41) is 4.32. The molecule has 0 spiro atoms. The predicted molar refractivity (Wildman–Crippen MR) is 79.4 cm³/mol. The van der Waals surface area contributed by atoms with Crippen molar-refractivity contribution < 1.29 is 0 Å². The Morgan fingerprint density at radius 2 is 2.32 bits per heavy atom. The first-order chi connectivity index (χ1) is 9.08. The van der Waals surface area contributed by atoms with Crippen molar-refractivity contribution in [2.45, 2.75) is 51.7 Å². The van der Waals surface area contributed by atoms with Gasteiger partial charge < -0.3 is 9.88 Å². The number of nitrogens with zero attached hydrogens (tertiary/aromatic N) is 3. The highest BCUT2D eigenvalue weighted by molar-refractivity contribution is 6.29. The molecule has 1 aromatic heterocycles. The van der Waals surface area contributed by atoms with E-state index in [1.54, 1.807) is 6.20 Å². The van der Waals surface area contributed by atoms with Gasteiger partial charge in [0.1, 0.15) is 11.0 Å². The second-order valence-corrected chi connectivity index (χ2v) is 6.11. The standard InChI is InChI=1S/C14H25ClN4/c1-11(2)19(9-12-6-4-5-7-16-12)10-14-17-8-13(15)18(14)3/h8,11-12,16H,4-7,9-10H2,1-3H3. The van der Waals surface area contributed by atoms with E-state index in [0.29, 0.717) is 17.2 Å². The third kappa shape index (κ3) is 3.94. The van der Waals surface area contributed by atoms with Gasteiger partial charge in [0.25, 0.3) is 0 Å². The molecule has 4 nitrogen and oxygen atoms in total. The molecule has 1 aliphatic heterocycles. The fourth-order valence-corrected chi connectivity index (χ4v) is 2.72. The predicted octanol–water partition coefficient (Wildman–Crippen LogP) is 2.43. The molecular weight excluding hydrogens is 260 g/mol. The number of rotatable bonds is 5. The molecule has 0 saturated carbocycles. The van der Waals surface area contributed by atoms with Crippen molar-refractivity contribution in [3.63, 3.8) is 0 Å². The quantitative estimate of drug-likeness (QED) is 0.901. The molecule has 2 rings (SSSR count). The number of aromatic nitrogens is 2. The fourth-order valence-electron chi connectivity index (χ4n) is 2.57. The van der Waals surface area contributed by atoms with Crippen LogP contribution in [0.1, 0.15) is 38.9 Å². The molecule has 0 aliphatic carbocycles. The number of hydrogen-bond donors (Lipinski definition) is 1. The second kappa shape index (κ2) is 6.73. The number of nitrogens with one attached hydrogen (secondary N) is 1. The van der Waals surface area contributed by atoms with Gasteiger partial charge in [0.05, 0.1) is 12.7 Å². The summed E-state index contributed by atoms with van der Waals surface area (Å²) in [6.45, 7) is 7.59. The van der Waals surface area contributed by atoms with Crippen LogP contribution in [0.15, 0.2) is 6.20 Å². The van der Waals surface area contributed by atoms with Crippen molar-refractivity contribution >= 4 is 11.6 Å². The summed E-state index contributed by atoms with van der Waals surface area (Å²) < 4.78 is 1.96. The van der Waals surface area contributed by atoms with Crippen molar-refractivity contribution in [3.8, 4) is 0 Å². The minimum Gasteiger partial charge on any atom is -0.321 e. The van der Waals surface area contributed by atoms with Crippen LogP contribution >= 0.6 is 11.6 Å². The highest BCUT2D eigenvalue weighted by atomic mass is 35.5. The van der Waals surface area contributed by atoms with Crippen LogP contribution in [0, 0.1) is 0 Å². The maximum Gasteiger partial charge on any atom is 0.128 e. The first-order valence-electron chi connectivity index (χ1n) is 7.21. The second-order valence-electron chi connectivity index (χ2n) is 5.73. The lowest BCUT2D eigenvalue weighted by Crippen LogP contribution is -2.45. The van der Waals surface area contributed by atoms with Crippen molar-refractivity contribution in [1.82, 2.24) is 19.8 Å². The van der Waals surface area contributed by atoms with Gasteiger partial charge in [0.2, 0.25) is 0 Å². The first kappa shape index (κ1) is 14.8. The molecule has 1 aromatic rings. The molecule has 108 valence electrons. The Morgan fingerprint density at radius 1 is 1.53 bits per heavy atom. The van der Waals surface area contributed by atoms with E-state index in [4.69, 9.17) is 11.6 Å². The normalized spacial score (nSPS) is 20.4. The maximum atomic E-state index is 6.05. The van der Waals surface area contributed by atoms with Gasteiger partial charge in [0.15, 0.2) is 0 Å². The minimum absolute atomic E-state index is 0.513. The maximum absolute atomic E-state index is 6.05. The SMILES string of the molecule is CC(C)N(Cc1ncc(Cl)n1C)CC1CCCCN1. The van der Waals surface area contributed by atoms with Gasteiger partial charge in [-0.2, -0.15) is 0 Å². The summed E-state index contributed by atoms with van der Waals surface area (Å²) in [5.74, 6) is 1.04. The molecule has 1 atom stereocenters. The Morgan fingerprint density at radius 3 is 2.84 bits per heavy atom. The van der Waals surface area contributed by atoms with E-state index >= 15 is 0 Å². The van der Waals surface area contributed by atoms with Gasteiger partial charge in [-0.3, -0.25) is 4.90 Å². The van der Waals surface area contributed by atoms with Gasteiger partial charge in [-0.15, -0.1) is 0 Å². The Balaban J connectivity index is 1.97. The van der Waals surface area contributed by atoms with Crippen LogP contribution < -0.4 is 5.32 Å². The molecule has 0 amide bonds. The summed E-state index contributed by atoms with van der Waals surface area (Å²) in [5.41, 5.74) is 0. The summed E-state index contributed by atoms with van der Waals surface area (Å²) in [6, 6.07) is 1.13. The van der Waals surface area contributed by atoms with Crippen LogP contribution in [-0.2, 0) is 13.6 Å². The molecule has 19 heavy (non-hydrogen) atoms. The highest BCUT2D eigenvalue weighted by Crippen LogP contribution is 2.15. The molecule has 1 saturated heterocycles. The van der Waals surface area contributed by atoms with Crippen LogP contribution in [0.5, 0.6) is 0 Å². The van der Waals surface area contributed by atoms with E-state index in [2.05, 4.69) is 29.0 Å². The lowest BCUT2D eigenvalue weighted by molar-refractivity contribution is 0.172. The first-order valence-corrected chi connectivity index (χ1v) is 7.59. The van der Waals surface area contributed by atoms with Gasteiger partial charge in [0, 0.05) is 25.7 Å². The Bertz CT molecular complexity index is 396. The van der Waals surface area contributed by atoms with Gasteiger partial charge in [-0.25, -0.2) is 4.98 Å². The summed E-state index contributed by atoms with van der Waals surface area (Å²) >= 11 is 6.05. The van der Waals surface area contributed by atoms with Crippen LogP contribution in [0.25, 0.3) is 0 Å². The number of piperidine rings is 1. The third-order valence-corrected chi connectivity index (χ3v) is 4.32. The fraction of sp³-hybridized carbons (Fsp3) is 0.786. The molecule has 5 heteroatoms. The van der Waals surface area contributed by atoms with E-state index < -0.39 is 0 Å². The molecular formula is C14H25ClN4. The zero-order valence-corrected chi connectivity index (χ0v) is 13.0. The van der Waals surface area contributed by atoms with Gasteiger partial charge >= 0.3 is 0 Å². The summed E-state index contributed by atoms with van der Waals surface area (Å²) in [6.07, 6.45) is 5.67. The van der Waals surface area contributed by atoms with Crippen LogP contribution in [-0.4, -0.2) is 39.6 Å². The molecule has 1 N–H and O–H groups in total. The zero-order valence-electron chi connectivity index (χ0n) is 12.2. The Kier molecular flexibility index (Phi) is 5.25. The minimum atomic E-state index is 0.513. The van der Waals surface area contributed by atoms with Gasteiger partial charge in [-0.05, 0) is 33.2 Å². The summed E-state index contributed by atoms with van der Waals surface area (Å²) in [7, 11) is 1.97. The van der Waals surface area contributed by atoms with Crippen molar-refractivity contribution in [3.05, 3.63) is 17.2 Å².